The normalized spacial score (nSPS) is 25.4. The van der Waals surface area contributed by atoms with Crippen LogP contribution in [0.2, 0.25) is 0 Å². The summed E-state index contributed by atoms with van der Waals surface area (Å²) in [6, 6.07) is 4.91. The first-order valence-corrected chi connectivity index (χ1v) is 6.95. The topological polar surface area (TPSA) is 63.4 Å². The van der Waals surface area contributed by atoms with Gasteiger partial charge in [-0.25, -0.2) is 4.39 Å². The lowest BCUT2D eigenvalue weighted by atomic mass is 10.00. The average Bonchev–Trinajstić information content (AvgIpc) is 3.01. The van der Waals surface area contributed by atoms with Crippen molar-refractivity contribution in [2.45, 2.75) is 32.4 Å². The van der Waals surface area contributed by atoms with Gasteiger partial charge in [0.05, 0.1) is 18.4 Å². The van der Waals surface area contributed by atoms with Crippen molar-refractivity contribution in [1.29, 1.82) is 0 Å². The zero-order valence-corrected chi connectivity index (χ0v) is 11.1. The summed E-state index contributed by atoms with van der Waals surface area (Å²) in [5, 5.41) is 0. The molecule has 1 saturated heterocycles. The lowest BCUT2D eigenvalue weighted by molar-refractivity contribution is -0.141. The molecular weight excluding hydrogens is 259 g/mol. The van der Waals surface area contributed by atoms with Crippen LogP contribution in [0.15, 0.2) is 18.2 Å². The van der Waals surface area contributed by atoms with E-state index >= 15 is 0 Å². The zero-order valence-electron chi connectivity index (χ0n) is 11.1. The summed E-state index contributed by atoms with van der Waals surface area (Å²) in [4.78, 5) is 25.7. The first-order chi connectivity index (χ1) is 9.63. The molecule has 0 bridgehead atoms. The van der Waals surface area contributed by atoms with Crippen molar-refractivity contribution in [3.63, 3.8) is 0 Å². The van der Waals surface area contributed by atoms with Crippen molar-refractivity contribution in [3.05, 3.63) is 35.1 Å². The predicted molar refractivity (Wildman–Crippen MR) is 70.7 cm³/mol. The minimum absolute atomic E-state index is 0.0182. The first-order valence-electron chi connectivity index (χ1n) is 6.95. The maximum absolute atomic E-state index is 14.1. The Labute approximate surface area is 116 Å². The van der Waals surface area contributed by atoms with Crippen molar-refractivity contribution >= 4 is 11.8 Å². The van der Waals surface area contributed by atoms with Crippen LogP contribution in [-0.4, -0.2) is 16.7 Å². The number of carbonyl (C=O) groups excluding carboxylic acids is 2. The van der Waals surface area contributed by atoms with Crippen molar-refractivity contribution in [2.24, 2.45) is 17.6 Å². The van der Waals surface area contributed by atoms with Crippen molar-refractivity contribution in [2.75, 3.05) is 0 Å². The van der Waals surface area contributed by atoms with Gasteiger partial charge in [0.1, 0.15) is 5.82 Å². The molecule has 5 heteroatoms. The fourth-order valence-corrected chi connectivity index (χ4v) is 3.30. The summed E-state index contributed by atoms with van der Waals surface area (Å²) in [6.07, 6.45) is 2.48. The van der Waals surface area contributed by atoms with E-state index in [9.17, 15) is 14.0 Å². The molecule has 1 aromatic rings. The van der Waals surface area contributed by atoms with E-state index < -0.39 is 5.82 Å². The van der Waals surface area contributed by atoms with Crippen LogP contribution in [-0.2, 0) is 22.7 Å². The van der Waals surface area contributed by atoms with E-state index in [1.165, 1.54) is 4.90 Å². The lowest BCUT2D eigenvalue weighted by Crippen LogP contribution is -2.31. The van der Waals surface area contributed by atoms with Gasteiger partial charge in [-0.3, -0.25) is 14.5 Å². The minimum atomic E-state index is -0.410. The Morgan fingerprint density at radius 1 is 1.15 bits per heavy atom. The average molecular weight is 276 g/mol. The standard InChI is InChI=1S/C15H17FN2O2/c16-13-9(7-17)3-1-4-10(13)8-18-14(19)11-5-2-6-12(11)15(18)20/h1,3-4,11-12H,2,5-8,17H2. The van der Waals surface area contributed by atoms with Crippen LogP contribution in [0.1, 0.15) is 30.4 Å². The van der Waals surface area contributed by atoms with Gasteiger partial charge in [-0.05, 0) is 12.8 Å². The lowest BCUT2D eigenvalue weighted by Gasteiger charge is -2.17. The SMILES string of the molecule is NCc1cccc(CN2C(=O)C3CCCC3C2=O)c1F. The zero-order chi connectivity index (χ0) is 14.3. The smallest absolute Gasteiger partial charge is 0.233 e. The highest BCUT2D eigenvalue weighted by molar-refractivity contribution is 6.05. The van der Waals surface area contributed by atoms with Gasteiger partial charge in [0.15, 0.2) is 0 Å². The number of hydrogen-bond donors (Lipinski definition) is 1. The summed E-state index contributed by atoms with van der Waals surface area (Å²) in [7, 11) is 0. The molecule has 2 unspecified atom stereocenters. The van der Waals surface area contributed by atoms with E-state index in [-0.39, 0.29) is 36.7 Å². The number of carbonyl (C=O) groups is 2. The maximum atomic E-state index is 14.1. The molecule has 106 valence electrons. The van der Waals surface area contributed by atoms with E-state index in [1.54, 1.807) is 18.2 Å². The fourth-order valence-electron chi connectivity index (χ4n) is 3.30. The van der Waals surface area contributed by atoms with Crippen LogP contribution in [0.4, 0.5) is 4.39 Å². The van der Waals surface area contributed by atoms with E-state index in [2.05, 4.69) is 0 Å². The molecule has 1 aliphatic heterocycles. The van der Waals surface area contributed by atoms with Gasteiger partial charge >= 0.3 is 0 Å². The minimum Gasteiger partial charge on any atom is -0.326 e. The second-order valence-corrected chi connectivity index (χ2v) is 5.50. The van der Waals surface area contributed by atoms with Gasteiger partial charge in [0, 0.05) is 17.7 Å². The molecule has 0 spiro atoms. The molecule has 2 fully saturated rings. The fraction of sp³-hybridized carbons (Fsp3) is 0.467. The Balaban J connectivity index is 1.85. The Kier molecular flexibility index (Phi) is 3.30. The summed E-state index contributed by atoms with van der Waals surface area (Å²) in [5.41, 5.74) is 6.23. The second kappa shape index (κ2) is 4.98. The molecule has 0 radical (unpaired) electrons. The quantitative estimate of drug-likeness (QED) is 0.852. The van der Waals surface area contributed by atoms with Crippen LogP contribution in [0, 0.1) is 17.7 Å². The van der Waals surface area contributed by atoms with Crippen LogP contribution in [0.25, 0.3) is 0 Å². The molecule has 1 aliphatic carbocycles. The monoisotopic (exact) mass is 276 g/mol. The molecule has 20 heavy (non-hydrogen) atoms. The van der Waals surface area contributed by atoms with Gasteiger partial charge in [-0.1, -0.05) is 24.6 Å². The molecule has 1 saturated carbocycles. The van der Waals surface area contributed by atoms with Crippen LogP contribution >= 0.6 is 0 Å². The third-order valence-corrected chi connectivity index (χ3v) is 4.39. The number of benzene rings is 1. The molecule has 2 N–H and O–H groups in total. The summed E-state index contributed by atoms with van der Waals surface area (Å²) < 4.78 is 14.1. The number of amides is 2. The molecule has 3 rings (SSSR count). The van der Waals surface area contributed by atoms with Gasteiger partial charge < -0.3 is 5.73 Å². The molecule has 4 nitrogen and oxygen atoms in total. The molecule has 1 heterocycles. The summed E-state index contributed by atoms with van der Waals surface area (Å²) in [5.74, 6) is -1.05. The molecule has 2 amide bonds. The number of rotatable bonds is 3. The molecular formula is C15H17FN2O2. The highest BCUT2D eigenvalue weighted by Crippen LogP contribution is 2.40. The molecule has 1 aromatic carbocycles. The predicted octanol–water partition coefficient (Wildman–Crippen LogP) is 1.57. The largest absolute Gasteiger partial charge is 0.326 e. The van der Waals surface area contributed by atoms with Crippen molar-refractivity contribution < 1.29 is 14.0 Å². The highest BCUT2D eigenvalue weighted by Gasteiger charge is 2.49. The third kappa shape index (κ3) is 1.93. The highest BCUT2D eigenvalue weighted by atomic mass is 19.1. The van der Waals surface area contributed by atoms with Crippen LogP contribution in [0.3, 0.4) is 0 Å². The number of halogens is 1. The van der Waals surface area contributed by atoms with E-state index in [0.717, 1.165) is 19.3 Å². The number of hydrogen-bond acceptors (Lipinski definition) is 3. The molecule has 2 aliphatic rings. The van der Waals surface area contributed by atoms with E-state index in [0.29, 0.717) is 11.1 Å². The maximum Gasteiger partial charge on any atom is 0.233 e. The molecule has 2 atom stereocenters. The van der Waals surface area contributed by atoms with Crippen molar-refractivity contribution in [1.82, 2.24) is 4.90 Å². The van der Waals surface area contributed by atoms with Gasteiger partial charge in [0.25, 0.3) is 0 Å². The second-order valence-electron chi connectivity index (χ2n) is 5.50. The number of likely N-dealkylation sites (tertiary alicyclic amines) is 1. The Morgan fingerprint density at radius 2 is 1.75 bits per heavy atom. The van der Waals surface area contributed by atoms with Crippen molar-refractivity contribution in [3.8, 4) is 0 Å². The van der Waals surface area contributed by atoms with Gasteiger partial charge in [0.2, 0.25) is 11.8 Å². The van der Waals surface area contributed by atoms with E-state index in [4.69, 9.17) is 5.73 Å². The number of imide groups is 1. The summed E-state index contributed by atoms with van der Waals surface area (Å²) >= 11 is 0. The number of fused-ring (bicyclic) bond motifs is 1. The Bertz CT molecular complexity index is 551. The number of nitrogens with two attached hydrogens (primary N) is 1. The Hall–Kier alpha value is -1.75. The van der Waals surface area contributed by atoms with E-state index in [1.807, 2.05) is 0 Å². The summed E-state index contributed by atoms with van der Waals surface area (Å²) in [6.45, 7) is 0.122. The molecule has 0 aromatic heterocycles. The Morgan fingerprint density at radius 3 is 2.35 bits per heavy atom. The third-order valence-electron chi connectivity index (χ3n) is 4.39. The van der Waals surface area contributed by atoms with Gasteiger partial charge in [-0.2, -0.15) is 0 Å². The van der Waals surface area contributed by atoms with Crippen LogP contribution < -0.4 is 5.73 Å². The first kappa shape index (κ1) is 13.2. The number of nitrogens with zero attached hydrogens (tertiary/aromatic N) is 1. The van der Waals surface area contributed by atoms with Crippen LogP contribution in [0.5, 0.6) is 0 Å². The van der Waals surface area contributed by atoms with Gasteiger partial charge in [-0.15, -0.1) is 0 Å².